The molecular weight excluding hydrogens is 448 g/mol. The molecule has 0 atom stereocenters. The van der Waals surface area contributed by atoms with E-state index < -0.39 is 40.8 Å². The van der Waals surface area contributed by atoms with E-state index in [2.05, 4.69) is 0 Å². The topological polar surface area (TPSA) is 75.7 Å². The van der Waals surface area contributed by atoms with Gasteiger partial charge in [0.2, 0.25) is 0 Å². The summed E-state index contributed by atoms with van der Waals surface area (Å²) in [5.41, 5.74) is -1.93. The lowest BCUT2D eigenvalue weighted by Gasteiger charge is -2.27. The maximum Gasteiger partial charge on any atom is 0.416 e. The number of ether oxygens (including phenoxy) is 1. The molecule has 1 aliphatic heterocycles. The molecule has 0 bridgehead atoms. The number of urea groups is 1. The van der Waals surface area contributed by atoms with E-state index in [0.29, 0.717) is 17.0 Å². The molecule has 1 saturated heterocycles. The van der Waals surface area contributed by atoms with Crippen LogP contribution in [0, 0.1) is 0 Å². The predicted molar refractivity (Wildman–Crippen MR) is 103 cm³/mol. The van der Waals surface area contributed by atoms with Gasteiger partial charge in [-0.2, -0.15) is 13.2 Å². The van der Waals surface area contributed by atoms with Crippen LogP contribution in [0.25, 0.3) is 6.08 Å². The number of carbonyl (C=O) groups excluding carboxylic acids is 3. The molecule has 2 aromatic carbocycles. The van der Waals surface area contributed by atoms with Crippen molar-refractivity contribution in [2.75, 3.05) is 12.0 Å². The number of anilines is 1. The number of methoxy groups -OCH3 is 1. The molecule has 30 heavy (non-hydrogen) atoms. The number of carbonyl (C=O) groups is 3. The van der Waals surface area contributed by atoms with Crippen molar-refractivity contribution in [3.8, 4) is 5.75 Å². The summed E-state index contributed by atoms with van der Waals surface area (Å²) in [5, 5.41) is 1.90. The number of rotatable bonds is 3. The largest absolute Gasteiger partial charge is 0.496 e. The van der Waals surface area contributed by atoms with E-state index in [0.717, 1.165) is 12.1 Å². The number of imide groups is 2. The maximum atomic E-state index is 13.1. The number of benzene rings is 2. The van der Waals surface area contributed by atoms with Crippen molar-refractivity contribution in [3.05, 3.63) is 63.1 Å². The van der Waals surface area contributed by atoms with Gasteiger partial charge in [0.25, 0.3) is 11.8 Å². The molecule has 1 fully saturated rings. The Morgan fingerprint density at radius 3 is 2.40 bits per heavy atom. The third-order valence-corrected chi connectivity index (χ3v) is 4.66. The Bertz CT molecular complexity index is 1100. The number of nitrogens with zero attached hydrogens (tertiary/aromatic N) is 1. The Kier molecular flexibility index (Phi) is 5.78. The van der Waals surface area contributed by atoms with Gasteiger partial charge in [0.15, 0.2) is 0 Å². The molecule has 2 aromatic rings. The fraction of sp³-hybridized carbons (Fsp3) is 0.105. The van der Waals surface area contributed by atoms with Crippen molar-refractivity contribution >= 4 is 52.8 Å². The minimum absolute atomic E-state index is 0.243. The minimum Gasteiger partial charge on any atom is -0.496 e. The zero-order chi connectivity index (χ0) is 22.2. The van der Waals surface area contributed by atoms with Crippen molar-refractivity contribution < 1.29 is 32.3 Å². The van der Waals surface area contributed by atoms with E-state index in [-0.39, 0.29) is 21.4 Å². The molecule has 0 aromatic heterocycles. The number of hydrogen-bond donors (Lipinski definition) is 1. The molecule has 0 unspecified atom stereocenters. The van der Waals surface area contributed by atoms with Gasteiger partial charge < -0.3 is 4.74 Å². The van der Waals surface area contributed by atoms with Crippen LogP contribution in [-0.4, -0.2) is 25.0 Å². The maximum absolute atomic E-state index is 13.1. The summed E-state index contributed by atoms with van der Waals surface area (Å²) in [6.45, 7) is 0. The second kappa shape index (κ2) is 8.00. The van der Waals surface area contributed by atoms with E-state index >= 15 is 0 Å². The van der Waals surface area contributed by atoms with Crippen LogP contribution >= 0.6 is 23.2 Å². The highest BCUT2D eigenvalue weighted by molar-refractivity contribution is 6.42. The van der Waals surface area contributed by atoms with Crippen molar-refractivity contribution in [1.82, 2.24) is 5.32 Å². The number of hydrogen-bond acceptors (Lipinski definition) is 4. The summed E-state index contributed by atoms with van der Waals surface area (Å²) in [7, 11) is 1.35. The highest BCUT2D eigenvalue weighted by Gasteiger charge is 2.39. The normalized spacial score (nSPS) is 16.1. The first kappa shape index (κ1) is 21.7. The Hall–Kier alpha value is -3.04. The van der Waals surface area contributed by atoms with Crippen LogP contribution in [0.3, 0.4) is 0 Å². The fourth-order valence-electron chi connectivity index (χ4n) is 2.71. The first-order chi connectivity index (χ1) is 14.0. The molecule has 6 nitrogen and oxygen atoms in total. The van der Waals surface area contributed by atoms with Crippen LogP contribution in [0.4, 0.5) is 23.7 Å². The Labute approximate surface area is 177 Å². The summed E-state index contributed by atoms with van der Waals surface area (Å²) in [5.74, 6) is -1.92. The fourth-order valence-corrected chi connectivity index (χ4v) is 3.09. The van der Waals surface area contributed by atoms with Gasteiger partial charge >= 0.3 is 12.2 Å². The van der Waals surface area contributed by atoms with Gasteiger partial charge in [-0.15, -0.1) is 0 Å². The van der Waals surface area contributed by atoms with E-state index in [1.54, 1.807) is 0 Å². The predicted octanol–water partition coefficient (Wildman–Crippen LogP) is 4.69. The summed E-state index contributed by atoms with van der Waals surface area (Å²) in [6.07, 6.45) is -3.62. The first-order valence-corrected chi connectivity index (χ1v) is 8.90. The summed E-state index contributed by atoms with van der Waals surface area (Å²) >= 11 is 11.9. The SMILES string of the molecule is COc1ccc(Cl)cc1C=C1C(=O)NC(=O)N(c2cc(C(F)(F)F)ccc2Cl)C1=O. The van der Waals surface area contributed by atoms with Gasteiger partial charge in [0.05, 0.1) is 23.4 Å². The summed E-state index contributed by atoms with van der Waals surface area (Å²) in [4.78, 5) is 37.8. The molecule has 3 rings (SSSR count). The van der Waals surface area contributed by atoms with Gasteiger partial charge in [-0.3, -0.25) is 14.9 Å². The zero-order valence-electron chi connectivity index (χ0n) is 15.0. The van der Waals surface area contributed by atoms with Crippen molar-refractivity contribution in [2.45, 2.75) is 6.18 Å². The van der Waals surface area contributed by atoms with Gasteiger partial charge in [-0.1, -0.05) is 23.2 Å². The molecule has 11 heteroatoms. The van der Waals surface area contributed by atoms with Crippen LogP contribution in [0.15, 0.2) is 42.0 Å². The average molecular weight is 459 g/mol. The van der Waals surface area contributed by atoms with Gasteiger partial charge in [0, 0.05) is 10.6 Å². The highest BCUT2D eigenvalue weighted by atomic mass is 35.5. The lowest BCUT2D eigenvalue weighted by atomic mass is 10.1. The van der Waals surface area contributed by atoms with Gasteiger partial charge in [-0.05, 0) is 42.5 Å². The number of nitrogens with one attached hydrogen (secondary N) is 1. The molecule has 1 heterocycles. The molecule has 1 N–H and O–H groups in total. The molecule has 0 radical (unpaired) electrons. The Balaban J connectivity index is 2.12. The van der Waals surface area contributed by atoms with Crippen LogP contribution in [0.1, 0.15) is 11.1 Å². The number of halogens is 5. The molecule has 0 saturated carbocycles. The highest BCUT2D eigenvalue weighted by Crippen LogP contribution is 2.37. The molecule has 0 spiro atoms. The second-order valence-corrected chi connectivity index (χ2v) is 6.85. The van der Waals surface area contributed by atoms with Crippen LogP contribution < -0.4 is 15.0 Å². The van der Waals surface area contributed by atoms with E-state index in [1.165, 1.54) is 25.3 Å². The third-order valence-electron chi connectivity index (χ3n) is 4.11. The van der Waals surface area contributed by atoms with E-state index in [1.807, 2.05) is 5.32 Å². The van der Waals surface area contributed by atoms with Crippen molar-refractivity contribution in [2.24, 2.45) is 0 Å². The Morgan fingerprint density at radius 2 is 1.77 bits per heavy atom. The molecular formula is C19H11Cl2F3N2O4. The monoisotopic (exact) mass is 458 g/mol. The standard InChI is InChI=1S/C19H11Cl2F3N2O4/c1-30-15-5-3-11(20)6-9(15)7-12-16(27)25-18(29)26(17(12)28)14-8-10(19(22,23)24)2-4-13(14)21/h2-8H,1H3,(H,25,27,29). The van der Waals surface area contributed by atoms with Crippen molar-refractivity contribution in [1.29, 1.82) is 0 Å². The van der Waals surface area contributed by atoms with Gasteiger partial charge in [0.1, 0.15) is 11.3 Å². The second-order valence-electron chi connectivity index (χ2n) is 6.01. The first-order valence-electron chi connectivity index (χ1n) is 8.14. The number of amides is 4. The zero-order valence-corrected chi connectivity index (χ0v) is 16.5. The van der Waals surface area contributed by atoms with Crippen LogP contribution in [-0.2, 0) is 15.8 Å². The smallest absolute Gasteiger partial charge is 0.416 e. The van der Waals surface area contributed by atoms with Gasteiger partial charge in [-0.25, -0.2) is 9.69 Å². The van der Waals surface area contributed by atoms with Crippen LogP contribution in [0.2, 0.25) is 10.0 Å². The lowest BCUT2D eigenvalue weighted by Crippen LogP contribution is -2.54. The summed E-state index contributed by atoms with van der Waals surface area (Å²) in [6, 6.07) is 5.34. The number of barbiturate groups is 1. The van der Waals surface area contributed by atoms with E-state index in [4.69, 9.17) is 27.9 Å². The molecule has 4 amide bonds. The Morgan fingerprint density at radius 1 is 1.07 bits per heavy atom. The average Bonchev–Trinajstić information content (AvgIpc) is 2.65. The minimum atomic E-state index is -4.74. The quantitative estimate of drug-likeness (QED) is 0.534. The number of alkyl halides is 3. The summed E-state index contributed by atoms with van der Waals surface area (Å²) < 4.78 is 44.4. The van der Waals surface area contributed by atoms with E-state index in [9.17, 15) is 27.6 Å². The lowest BCUT2D eigenvalue weighted by molar-refractivity contribution is -0.137. The van der Waals surface area contributed by atoms with Crippen molar-refractivity contribution in [3.63, 3.8) is 0 Å². The molecule has 1 aliphatic rings. The third kappa shape index (κ3) is 4.12. The molecule has 156 valence electrons. The molecule has 0 aliphatic carbocycles. The van der Waals surface area contributed by atoms with Crippen LogP contribution in [0.5, 0.6) is 5.75 Å².